The average molecular weight is 378 g/mol. The number of hydrogen-bond donors (Lipinski definition) is 0. The van der Waals surface area contributed by atoms with Gasteiger partial charge in [0.25, 0.3) is 5.91 Å². The number of likely N-dealkylation sites (tertiary alicyclic amines) is 1. The van der Waals surface area contributed by atoms with E-state index in [1.165, 1.54) is 11.0 Å². The lowest BCUT2D eigenvalue weighted by molar-refractivity contribution is 0.0727. The van der Waals surface area contributed by atoms with Crippen molar-refractivity contribution in [3.8, 4) is 17.2 Å². The molecular formula is C21H22N4O3. The second kappa shape index (κ2) is 7.72. The summed E-state index contributed by atoms with van der Waals surface area (Å²) in [5.74, 6) is 1.32. The summed E-state index contributed by atoms with van der Waals surface area (Å²) in [7, 11) is 3.25. The molecule has 0 N–H and O–H groups in total. The maximum atomic E-state index is 13.1. The molecule has 1 fully saturated rings. The van der Waals surface area contributed by atoms with E-state index in [9.17, 15) is 4.79 Å². The minimum absolute atomic E-state index is 0.0600. The molecule has 7 heteroatoms. The highest BCUT2D eigenvalue weighted by atomic mass is 16.5. The van der Waals surface area contributed by atoms with Crippen LogP contribution >= 0.6 is 0 Å². The standard InChI is InChI=1S/C21H22N4O3/c1-27-16-10-11-17(20(13-16)28-2)19-9-6-12-24(19)21(26)18-14-22-25(23-18)15-7-4-3-5-8-15/h3-5,7-8,10-11,13-14,19H,6,9,12H2,1-2H3/t19-/m0/s1. The van der Waals surface area contributed by atoms with Crippen LogP contribution in [0, 0.1) is 0 Å². The van der Waals surface area contributed by atoms with Crippen LogP contribution in [0.15, 0.2) is 54.7 Å². The third kappa shape index (κ3) is 3.31. The minimum Gasteiger partial charge on any atom is -0.497 e. The number of ether oxygens (including phenoxy) is 2. The number of carbonyl (C=O) groups excluding carboxylic acids is 1. The van der Waals surface area contributed by atoms with Crippen LogP contribution in [0.3, 0.4) is 0 Å². The van der Waals surface area contributed by atoms with Crippen LogP contribution in [-0.2, 0) is 0 Å². The molecule has 0 saturated carbocycles. The van der Waals surface area contributed by atoms with Crippen LogP contribution in [0.2, 0.25) is 0 Å². The van der Waals surface area contributed by atoms with Crippen LogP contribution in [0.5, 0.6) is 11.5 Å². The molecule has 2 aromatic carbocycles. The summed E-state index contributed by atoms with van der Waals surface area (Å²) in [5, 5.41) is 8.64. The SMILES string of the molecule is COc1ccc([C@@H]2CCCN2C(=O)c2cnn(-c3ccccc3)n2)c(OC)c1. The summed E-state index contributed by atoms with van der Waals surface area (Å²) in [6.07, 6.45) is 3.33. The molecule has 0 aliphatic carbocycles. The van der Waals surface area contributed by atoms with Crippen molar-refractivity contribution in [2.45, 2.75) is 18.9 Å². The van der Waals surface area contributed by atoms with Gasteiger partial charge in [-0.3, -0.25) is 4.79 Å². The summed E-state index contributed by atoms with van der Waals surface area (Å²) in [6.45, 7) is 0.677. The van der Waals surface area contributed by atoms with Gasteiger partial charge in [-0.2, -0.15) is 9.90 Å². The van der Waals surface area contributed by atoms with E-state index >= 15 is 0 Å². The van der Waals surface area contributed by atoms with Crippen LogP contribution in [0.4, 0.5) is 0 Å². The van der Waals surface area contributed by atoms with E-state index < -0.39 is 0 Å². The Balaban J connectivity index is 1.60. The lowest BCUT2D eigenvalue weighted by atomic mass is 10.0. The Morgan fingerprint density at radius 2 is 1.93 bits per heavy atom. The Morgan fingerprint density at radius 3 is 2.68 bits per heavy atom. The van der Waals surface area contributed by atoms with E-state index in [4.69, 9.17) is 9.47 Å². The van der Waals surface area contributed by atoms with E-state index in [1.807, 2.05) is 53.4 Å². The van der Waals surface area contributed by atoms with E-state index in [1.54, 1.807) is 14.2 Å². The Bertz CT molecular complexity index is 971. The van der Waals surface area contributed by atoms with Crippen molar-refractivity contribution in [1.82, 2.24) is 19.9 Å². The molecule has 1 amide bonds. The molecule has 2 heterocycles. The topological polar surface area (TPSA) is 69.5 Å². The Hall–Kier alpha value is -3.35. The molecule has 3 aromatic rings. The molecule has 1 aliphatic heterocycles. The monoisotopic (exact) mass is 378 g/mol. The summed E-state index contributed by atoms with van der Waals surface area (Å²) in [6, 6.07) is 15.2. The molecule has 0 radical (unpaired) electrons. The maximum absolute atomic E-state index is 13.1. The molecule has 0 bridgehead atoms. The quantitative estimate of drug-likeness (QED) is 0.682. The zero-order valence-electron chi connectivity index (χ0n) is 15.9. The van der Waals surface area contributed by atoms with Gasteiger partial charge in [0.1, 0.15) is 11.5 Å². The average Bonchev–Trinajstić information content (AvgIpc) is 3.43. The number of benzene rings is 2. The molecule has 7 nitrogen and oxygen atoms in total. The van der Waals surface area contributed by atoms with Gasteiger partial charge in [0.2, 0.25) is 0 Å². The van der Waals surface area contributed by atoms with Crippen molar-refractivity contribution >= 4 is 5.91 Å². The molecule has 1 saturated heterocycles. The highest BCUT2D eigenvalue weighted by molar-refractivity contribution is 5.92. The third-order valence-electron chi connectivity index (χ3n) is 5.01. The third-order valence-corrected chi connectivity index (χ3v) is 5.01. The summed E-state index contributed by atoms with van der Waals surface area (Å²) in [4.78, 5) is 16.5. The zero-order chi connectivity index (χ0) is 19.5. The van der Waals surface area contributed by atoms with Gasteiger partial charge in [-0.25, -0.2) is 0 Å². The Kier molecular flexibility index (Phi) is 4.97. The van der Waals surface area contributed by atoms with Gasteiger partial charge in [-0.15, -0.1) is 5.10 Å². The molecule has 1 aliphatic rings. The first-order valence-electron chi connectivity index (χ1n) is 9.22. The van der Waals surface area contributed by atoms with Crippen molar-refractivity contribution in [2.75, 3.05) is 20.8 Å². The molecule has 1 aromatic heterocycles. The molecule has 144 valence electrons. The molecule has 4 rings (SSSR count). The largest absolute Gasteiger partial charge is 0.497 e. The number of nitrogens with zero attached hydrogens (tertiary/aromatic N) is 4. The van der Waals surface area contributed by atoms with Crippen molar-refractivity contribution < 1.29 is 14.3 Å². The predicted octanol–water partition coefficient (Wildman–Crippen LogP) is 3.26. The van der Waals surface area contributed by atoms with Crippen molar-refractivity contribution in [3.63, 3.8) is 0 Å². The number of methoxy groups -OCH3 is 2. The first-order valence-corrected chi connectivity index (χ1v) is 9.22. The molecule has 0 spiro atoms. The van der Waals surface area contributed by atoms with Crippen LogP contribution in [-0.4, -0.2) is 46.6 Å². The van der Waals surface area contributed by atoms with Gasteiger partial charge in [-0.05, 0) is 37.1 Å². The minimum atomic E-state index is -0.123. The maximum Gasteiger partial charge on any atom is 0.276 e. The number of amides is 1. The smallest absolute Gasteiger partial charge is 0.276 e. The lowest BCUT2D eigenvalue weighted by Gasteiger charge is -2.25. The van der Waals surface area contributed by atoms with Crippen molar-refractivity contribution in [1.29, 1.82) is 0 Å². The van der Waals surface area contributed by atoms with Gasteiger partial charge in [0, 0.05) is 18.2 Å². The summed E-state index contributed by atoms with van der Waals surface area (Å²) < 4.78 is 10.8. The van der Waals surface area contributed by atoms with Crippen molar-refractivity contribution in [3.05, 3.63) is 66.0 Å². The van der Waals surface area contributed by atoms with Gasteiger partial charge in [0.15, 0.2) is 5.69 Å². The molecular weight excluding hydrogens is 356 g/mol. The molecule has 1 atom stereocenters. The van der Waals surface area contributed by atoms with Crippen molar-refractivity contribution in [2.24, 2.45) is 0 Å². The Labute approximate surface area is 163 Å². The fourth-order valence-corrected chi connectivity index (χ4v) is 3.62. The van der Waals surface area contributed by atoms with E-state index in [0.717, 1.165) is 35.6 Å². The number of para-hydroxylation sites is 1. The number of hydrogen-bond acceptors (Lipinski definition) is 5. The normalized spacial score (nSPS) is 16.2. The van der Waals surface area contributed by atoms with Gasteiger partial charge < -0.3 is 14.4 Å². The van der Waals surface area contributed by atoms with Gasteiger partial charge in [-0.1, -0.05) is 18.2 Å². The molecule has 0 unspecified atom stereocenters. The lowest BCUT2D eigenvalue weighted by Crippen LogP contribution is -2.31. The van der Waals surface area contributed by atoms with E-state index in [0.29, 0.717) is 12.2 Å². The highest BCUT2D eigenvalue weighted by Crippen LogP contribution is 2.39. The zero-order valence-corrected chi connectivity index (χ0v) is 15.9. The van der Waals surface area contributed by atoms with E-state index in [2.05, 4.69) is 10.2 Å². The van der Waals surface area contributed by atoms with Gasteiger partial charge in [0.05, 0.1) is 32.1 Å². The number of carbonyl (C=O) groups is 1. The fraction of sp³-hybridized carbons (Fsp3) is 0.286. The molecule has 28 heavy (non-hydrogen) atoms. The Morgan fingerprint density at radius 1 is 1.11 bits per heavy atom. The van der Waals surface area contributed by atoms with Crippen LogP contribution < -0.4 is 9.47 Å². The fourth-order valence-electron chi connectivity index (χ4n) is 3.62. The highest BCUT2D eigenvalue weighted by Gasteiger charge is 2.33. The summed E-state index contributed by atoms with van der Waals surface area (Å²) in [5.41, 5.74) is 2.13. The first-order chi connectivity index (χ1) is 13.7. The second-order valence-corrected chi connectivity index (χ2v) is 6.62. The number of aromatic nitrogens is 3. The van der Waals surface area contributed by atoms with Crippen LogP contribution in [0.25, 0.3) is 5.69 Å². The second-order valence-electron chi connectivity index (χ2n) is 6.62. The van der Waals surface area contributed by atoms with E-state index in [-0.39, 0.29) is 11.9 Å². The van der Waals surface area contributed by atoms with Crippen LogP contribution in [0.1, 0.15) is 34.9 Å². The van der Waals surface area contributed by atoms with Gasteiger partial charge >= 0.3 is 0 Å². The number of rotatable bonds is 5. The predicted molar refractivity (Wildman–Crippen MR) is 104 cm³/mol. The first kappa shape index (κ1) is 18.0. The summed E-state index contributed by atoms with van der Waals surface area (Å²) >= 11 is 0.